The number of hydrogen-bond donors (Lipinski definition) is 1. The zero-order chi connectivity index (χ0) is 20.3. The first-order valence-corrected chi connectivity index (χ1v) is 11.7. The topological polar surface area (TPSA) is 55.4 Å². The molecule has 0 saturated heterocycles. The van der Waals surface area contributed by atoms with Crippen molar-refractivity contribution in [2.45, 2.75) is 19.8 Å². The molecule has 8 heteroatoms. The highest BCUT2D eigenvalue weighted by Gasteiger charge is 2.23. The van der Waals surface area contributed by atoms with Gasteiger partial charge in [-0.2, -0.15) is 0 Å². The van der Waals surface area contributed by atoms with E-state index in [0.29, 0.717) is 15.4 Å². The van der Waals surface area contributed by atoms with Crippen molar-refractivity contribution in [2.24, 2.45) is 0 Å². The van der Waals surface area contributed by atoms with E-state index in [2.05, 4.69) is 44.1 Å². The molecule has 4 nitrogen and oxygen atoms in total. The fourth-order valence-electron chi connectivity index (χ4n) is 2.61. The predicted octanol–water partition coefficient (Wildman–Crippen LogP) is 6.92. The summed E-state index contributed by atoms with van der Waals surface area (Å²) in [7, 11) is 0. The Morgan fingerprint density at radius 1 is 1.14 bits per heavy atom. The fraction of sp³-hybridized carbons (Fsp3) is 0.200. The number of amides is 1. The molecular formula is C20H17Br2NO3S2. The van der Waals surface area contributed by atoms with Gasteiger partial charge in [0.15, 0.2) is 0 Å². The maximum Gasteiger partial charge on any atom is 0.341 e. The zero-order valence-electron chi connectivity index (χ0n) is 15.1. The smallest absolute Gasteiger partial charge is 0.341 e. The summed E-state index contributed by atoms with van der Waals surface area (Å²) in [6, 6.07) is 13.6. The molecule has 146 valence electrons. The van der Waals surface area contributed by atoms with Gasteiger partial charge in [-0.3, -0.25) is 4.79 Å². The molecule has 1 amide bonds. The first-order chi connectivity index (χ1) is 13.4. The average molecular weight is 543 g/mol. The summed E-state index contributed by atoms with van der Waals surface area (Å²) >= 11 is 9.51. The van der Waals surface area contributed by atoms with E-state index in [-0.39, 0.29) is 18.4 Å². The third-order valence-electron chi connectivity index (χ3n) is 4.07. The lowest BCUT2D eigenvalue weighted by Gasteiger charge is -2.09. The van der Waals surface area contributed by atoms with E-state index < -0.39 is 5.97 Å². The summed E-state index contributed by atoms with van der Waals surface area (Å²) in [5, 5.41) is 3.38. The molecule has 28 heavy (non-hydrogen) atoms. The number of anilines is 1. The average Bonchev–Trinajstić information content (AvgIpc) is 3.26. The second-order valence-electron chi connectivity index (χ2n) is 5.93. The Balaban J connectivity index is 1.93. The van der Waals surface area contributed by atoms with Crippen molar-refractivity contribution in [3.63, 3.8) is 0 Å². The van der Waals surface area contributed by atoms with Gasteiger partial charge in [-0.25, -0.2) is 4.79 Å². The van der Waals surface area contributed by atoms with E-state index in [1.54, 1.807) is 13.0 Å². The molecule has 0 aliphatic heterocycles. The van der Waals surface area contributed by atoms with Gasteiger partial charge in [-0.1, -0.05) is 37.3 Å². The van der Waals surface area contributed by atoms with Crippen LogP contribution in [-0.2, 0) is 4.74 Å². The maximum absolute atomic E-state index is 12.7. The van der Waals surface area contributed by atoms with Gasteiger partial charge in [0.2, 0.25) is 0 Å². The number of nitrogens with one attached hydrogen (secondary N) is 1. The van der Waals surface area contributed by atoms with Gasteiger partial charge in [0.05, 0.1) is 20.8 Å². The number of carbonyl (C=O) groups excluding carboxylic acids is 2. The first-order valence-electron chi connectivity index (χ1n) is 8.52. The normalized spacial score (nSPS) is 11.9. The maximum atomic E-state index is 12.7. The van der Waals surface area contributed by atoms with E-state index in [4.69, 9.17) is 4.74 Å². The number of benzene rings is 1. The molecule has 2 aromatic heterocycles. The van der Waals surface area contributed by atoms with E-state index in [1.165, 1.54) is 22.7 Å². The highest BCUT2D eigenvalue weighted by Crippen LogP contribution is 2.38. The molecule has 0 bridgehead atoms. The highest BCUT2D eigenvalue weighted by atomic mass is 79.9. The van der Waals surface area contributed by atoms with Gasteiger partial charge in [0.1, 0.15) is 5.00 Å². The number of halogens is 2. The third kappa shape index (κ3) is 4.74. The number of esters is 1. The molecule has 0 fully saturated rings. The molecule has 2 heterocycles. The van der Waals surface area contributed by atoms with Crippen LogP contribution in [0.15, 0.2) is 50.7 Å². The summed E-state index contributed by atoms with van der Waals surface area (Å²) in [5.41, 5.74) is 1.52. The number of thiophene rings is 2. The molecule has 1 atom stereocenters. The van der Waals surface area contributed by atoms with Crippen LogP contribution in [0.1, 0.15) is 50.2 Å². The number of hydrogen-bond acceptors (Lipinski definition) is 5. The minimum atomic E-state index is -0.436. The molecule has 0 aliphatic carbocycles. The molecule has 1 aromatic carbocycles. The van der Waals surface area contributed by atoms with Gasteiger partial charge in [-0.15, -0.1) is 22.7 Å². The summed E-state index contributed by atoms with van der Waals surface area (Å²) in [6.45, 7) is 4.11. The summed E-state index contributed by atoms with van der Waals surface area (Å²) in [5.74, 6) is -0.605. The molecular weight excluding hydrogens is 526 g/mol. The van der Waals surface area contributed by atoms with Gasteiger partial charge in [0.25, 0.3) is 5.91 Å². The Labute approximate surface area is 188 Å². The fourth-order valence-corrected chi connectivity index (χ4v) is 5.66. The minimum absolute atomic E-state index is 0.0926. The molecule has 0 unspecified atom stereocenters. The van der Waals surface area contributed by atoms with Gasteiger partial charge >= 0.3 is 5.97 Å². The second kappa shape index (κ2) is 9.35. The van der Waals surface area contributed by atoms with Crippen molar-refractivity contribution in [3.05, 3.63) is 71.6 Å². The lowest BCUT2D eigenvalue weighted by Crippen LogP contribution is -2.13. The Morgan fingerprint density at radius 3 is 2.46 bits per heavy atom. The summed E-state index contributed by atoms with van der Waals surface area (Å²) in [6.07, 6.45) is 0. The van der Waals surface area contributed by atoms with E-state index in [1.807, 2.05) is 36.4 Å². The van der Waals surface area contributed by atoms with Crippen molar-refractivity contribution in [1.82, 2.24) is 0 Å². The van der Waals surface area contributed by atoms with Crippen LogP contribution in [0.25, 0.3) is 0 Å². The SMILES string of the molecule is CCOC(=O)c1cc([C@@H](C)c2ccccc2)sc1NC(=O)c1cc(Br)c(Br)s1. The zero-order valence-corrected chi connectivity index (χ0v) is 19.9. The van der Waals surface area contributed by atoms with Crippen LogP contribution in [0.3, 0.4) is 0 Å². The highest BCUT2D eigenvalue weighted by molar-refractivity contribution is 9.13. The van der Waals surface area contributed by atoms with E-state index >= 15 is 0 Å². The van der Waals surface area contributed by atoms with Crippen LogP contribution in [0.4, 0.5) is 5.00 Å². The van der Waals surface area contributed by atoms with Gasteiger partial charge < -0.3 is 10.1 Å². The van der Waals surface area contributed by atoms with Crippen molar-refractivity contribution in [2.75, 3.05) is 11.9 Å². The van der Waals surface area contributed by atoms with Crippen molar-refractivity contribution >= 4 is 71.4 Å². The Hall–Kier alpha value is -1.48. The third-order valence-corrected chi connectivity index (χ3v) is 8.56. The van der Waals surface area contributed by atoms with Crippen LogP contribution >= 0.6 is 54.5 Å². The van der Waals surface area contributed by atoms with E-state index in [9.17, 15) is 9.59 Å². The monoisotopic (exact) mass is 541 g/mol. The first kappa shape index (κ1) is 21.2. The molecule has 3 aromatic rings. The van der Waals surface area contributed by atoms with Gasteiger partial charge in [0, 0.05) is 15.3 Å². The number of ether oxygens (including phenoxy) is 1. The lowest BCUT2D eigenvalue weighted by molar-refractivity contribution is 0.0528. The predicted molar refractivity (Wildman–Crippen MR) is 122 cm³/mol. The Bertz CT molecular complexity index is 979. The molecule has 0 aliphatic rings. The molecule has 0 radical (unpaired) electrons. The summed E-state index contributed by atoms with van der Waals surface area (Å²) in [4.78, 5) is 26.6. The quantitative estimate of drug-likeness (QED) is 0.344. The van der Waals surface area contributed by atoms with Crippen molar-refractivity contribution in [3.8, 4) is 0 Å². The van der Waals surface area contributed by atoms with Crippen molar-refractivity contribution in [1.29, 1.82) is 0 Å². The number of carbonyl (C=O) groups is 2. The van der Waals surface area contributed by atoms with Crippen LogP contribution in [0, 0.1) is 0 Å². The Morgan fingerprint density at radius 2 is 1.86 bits per heavy atom. The molecule has 3 rings (SSSR count). The second-order valence-corrected chi connectivity index (χ2v) is 10.2. The molecule has 0 spiro atoms. The summed E-state index contributed by atoms with van der Waals surface area (Å²) < 4.78 is 6.84. The van der Waals surface area contributed by atoms with Crippen LogP contribution < -0.4 is 5.32 Å². The van der Waals surface area contributed by atoms with Gasteiger partial charge in [-0.05, 0) is 56.5 Å². The minimum Gasteiger partial charge on any atom is -0.462 e. The van der Waals surface area contributed by atoms with Crippen LogP contribution in [-0.4, -0.2) is 18.5 Å². The van der Waals surface area contributed by atoms with E-state index in [0.717, 1.165) is 18.7 Å². The molecule has 0 saturated carbocycles. The largest absolute Gasteiger partial charge is 0.462 e. The standard InChI is InChI=1S/C20H17Br2NO3S2/c1-3-26-20(25)13-9-15(11(2)12-7-5-4-6-8-12)28-19(13)23-18(24)16-10-14(21)17(22)27-16/h4-11H,3H2,1-2H3,(H,23,24)/t11-/m0/s1. The number of rotatable bonds is 6. The Kier molecular flexibility index (Phi) is 7.09. The molecule has 1 N–H and O–H groups in total. The lowest BCUT2D eigenvalue weighted by atomic mass is 9.99. The van der Waals surface area contributed by atoms with Crippen molar-refractivity contribution < 1.29 is 14.3 Å². The van der Waals surface area contributed by atoms with Crippen LogP contribution in [0.5, 0.6) is 0 Å². The van der Waals surface area contributed by atoms with Crippen LogP contribution in [0.2, 0.25) is 0 Å².